The van der Waals surface area contributed by atoms with E-state index in [0.717, 1.165) is 6.42 Å². The van der Waals surface area contributed by atoms with Gasteiger partial charge >= 0.3 is 0 Å². The molecule has 0 spiro atoms. The Bertz CT molecular complexity index is 503. The van der Waals surface area contributed by atoms with E-state index in [9.17, 15) is 13.5 Å². The Kier molecular flexibility index (Phi) is 5.10. The van der Waals surface area contributed by atoms with Crippen LogP contribution in [-0.2, 0) is 10.0 Å². The largest absolute Gasteiger partial charge is 0.389 e. The predicted octanol–water partition coefficient (Wildman–Crippen LogP) is 1.56. The van der Waals surface area contributed by atoms with Crippen LogP contribution in [0.1, 0.15) is 26.7 Å². The van der Waals surface area contributed by atoms with Gasteiger partial charge in [0.25, 0.3) is 0 Å². The fourth-order valence-electron chi connectivity index (χ4n) is 1.52. The lowest BCUT2D eigenvalue weighted by atomic mass is 10.0. The molecule has 1 unspecified atom stereocenters. The lowest BCUT2D eigenvalue weighted by molar-refractivity contribution is 0.0554. The molecule has 0 aliphatic heterocycles. The number of nitrogens with zero attached hydrogens (tertiary/aromatic N) is 1. The Morgan fingerprint density at radius 3 is 2.78 bits per heavy atom. The Hall–Kier alpha value is -0.690. The zero-order chi connectivity index (χ0) is 13.8. The van der Waals surface area contributed by atoms with Gasteiger partial charge in [-0.25, -0.2) is 13.1 Å². The molecule has 1 atom stereocenters. The third kappa shape index (κ3) is 4.20. The van der Waals surface area contributed by atoms with Gasteiger partial charge in [0.05, 0.1) is 10.6 Å². The molecule has 102 valence electrons. The molecule has 0 aliphatic carbocycles. The normalized spacial score (nSPS) is 15.3. The first-order chi connectivity index (χ1) is 8.28. The van der Waals surface area contributed by atoms with Crippen LogP contribution < -0.4 is 4.72 Å². The van der Waals surface area contributed by atoms with E-state index in [2.05, 4.69) is 9.71 Å². The summed E-state index contributed by atoms with van der Waals surface area (Å²) in [6, 6.07) is 1.40. The lowest BCUT2D eigenvalue weighted by Crippen LogP contribution is -2.40. The van der Waals surface area contributed by atoms with Crippen molar-refractivity contribution >= 4 is 21.6 Å². The third-order valence-electron chi connectivity index (χ3n) is 2.46. The van der Waals surface area contributed by atoms with Gasteiger partial charge in [-0.3, -0.25) is 4.98 Å². The third-order valence-corrected chi connectivity index (χ3v) is 4.33. The fourth-order valence-corrected chi connectivity index (χ4v) is 3.11. The zero-order valence-corrected chi connectivity index (χ0v) is 11.9. The van der Waals surface area contributed by atoms with Crippen LogP contribution in [0.15, 0.2) is 23.4 Å². The molecule has 0 saturated heterocycles. The van der Waals surface area contributed by atoms with E-state index in [4.69, 9.17) is 11.6 Å². The lowest BCUT2D eigenvalue weighted by Gasteiger charge is -2.22. The average Bonchev–Trinajstić information content (AvgIpc) is 2.27. The molecule has 2 N–H and O–H groups in total. The van der Waals surface area contributed by atoms with Crippen molar-refractivity contribution in [2.24, 2.45) is 0 Å². The van der Waals surface area contributed by atoms with Crippen molar-refractivity contribution in [3.05, 3.63) is 23.5 Å². The van der Waals surface area contributed by atoms with Crippen LogP contribution >= 0.6 is 11.6 Å². The number of rotatable bonds is 6. The number of hydrogen-bond donors (Lipinski definition) is 2. The molecule has 0 aromatic carbocycles. The number of hydrogen-bond acceptors (Lipinski definition) is 4. The second-order valence-corrected chi connectivity index (χ2v) is 6.52. The number of pyridine rings is 1. The summed E-state index contributed by atoms with van der Waals surface area (Å²) in [5.41, 5.74) is -1.07. The highest BCUT2D eigenvalue weighted by Crippen LogP contribution is 2.19. The maximum atomic E-state index is 12.0. The van der Waals surface area contributed by atoms with Gasteiger partial charge in [-0.15, -0.1) is 0 Å². The summed E-state index contributed by atoms with van der Waals surface area (Å²) in [6.07, 6.45) is 3.87. The van der Waals surface area contributed by atoms with E-state index in [1.807, 2.05) is 6.92 Å². The van der Waals surface area contributed by atoms with Gasteiger partial charge in [0, 0.05) is 18.9 Å². The minimum Gasteiger partial charge on any atom is -0.389 e. The summed E-state index contributed by atoms with van der Waals surface area (Å²) in [6.45, 7) is 3.44. The molecule has 0 bridgehead atoms. The topological polar surface area (TPSA) is 79.3 Å². The van der Waals surface area contributed by atoms with Gasteiger partial charge < -0.3 is 5.11 Å². The van der Waals surface area contributed by atoms with Crippen LogP contribution in [0.2, 0.25) is 5.02 Å². The van der Waals surface area contributed by atoms with Gasteiger partial charge in [0.15, 0.2) is 0 Å². The monoisotopic (exact) mass is 292 g/mol. The quantitative estimate of drug-likeness (QED) is 0.834. The van der Waals surface area contributed by atoms with E-state index in [1.165, 1.54) is 18.5 Å². The SMILES string of the molecule is CCCC(C)(O)CNS(=O)(=O)c1cnccc1Cl. The molecule has 1 rings (SSSR count). The Balaban J connectivity index is 2.81. The molecule has 0 saturated carbocycles. The number of halogens is 1. The first-order valence-electron chi connectivity index (χ1n) is 5.60. The molecule has 7 heteroatoms. The molecule has 18 heavy (non-hydrogen) atoms. The maximum Gasteiger partial charge on any atom is 0.243 e. The zero-order valence-electron chi connectivity index (χ0n) is 10.4. The van der Waals surface area contributed by atoms with Gasteiger partial charge in [0.2, 0.25) is 10.0 Å². The summed E-state index contributed by atoms with van der Waals surface area (Å²) in [5, 5.41) is 10.0. The van der Waals surface area contributed by atoms with Crippen LogP contribution in [0.5, 0.6) is 0 Å². The van der Waals surface area contributed by atoms with Gasteiger partial charge in [-0.2, -0.15) is 0 Å². The van der Waals surface area contributed by atoms with Crippen molar-refractivity contribution < 1.29 is 13.5 Å². The van der Waals surface area contributed by atoms with E-state index in [1.54, 1.807) is 6.92 Å². The molecule has 0 fully saturated rings. The van der Waals surface area contributed by atoms with Crippen LogP contribution in [0.4, 0.5) is 0 Å². The number of aromatic nitrogens is 1. The van der Waals surface area contributed by atoms with Crippen LogP contribution in [-0.4, -0.2) is 30.7 Å². The maximum absolute atomic E-state index is 12.0. The van der Waals surface area contributed by atoms with E-state index in [-0.39, 0.29) is 16.5 Å². The average molecular weight is 293 g/mol. The van der Waals surface area contributed by atoms with Gasteiger partial charge in [0.1, 0.15) is 4.90 Å². The van der Waals surface area contributed by atoms with Crippen molar-refractivity contribution in [2.75, 3.05) is 6.54 Å². The van der Waals surface area contributed by atoms with Crippen LogP contribution in [0.3, 0.4) is 0 Å². The van der Waals surface area contributed by atoms with Crippen molar-refractivity contribution in [2.45, 2.75) is 37.2 Å². The molecule has 1 heterocycles. The van der Waals surface area contributed by atoms with E-state index in [0.29, 0.717) is 6.42 Å². The molecule has 1 aromatic heterocycles. The van der Waals surface area contributed by atoms with Crippen molar-refractivity contribution in [1.82, 2.24) is 9.71 Å². The second kappa shape index (κ2) is 5.97. The first-order valence-corrected chi connectivity index (χ1v) is 7.46. The van der Waals surface area contributed by atoms with Crippen molar-refractivity contribution in [1.29, 1.82) is 0 Å². The summed E-state index contributed by atoms with van der Waals surface area (Å²) in [7, 11) is -3.75. The molecule has 1 aromatic rings. The molecule has 5 nitrogen and oxygen atoms in total. The highest BCUT2D eigenvalue weighted by Gasteiger charge is 2.24. The highest BCUT2D eigenvalue weighted by molar-refractivity contribution is 7.89. The molecule has 0 radical (unpaired) electrons. The summed E-state index contributed by atoms with van der Waals surface area (Å²) in [4.78, 5) is 3.64. The number of nitrogens with one attached hydrogen (secondary N) is 1. The minimum absolute atomic E-state index is 0.0611. The summed E-state index contributed by atoms with van der Waals surface area (Å²) in [5.74, 6) is 0. The molecular weight excluding hydrogens is 276 g/mol. The number of sulfonamides is 1. The Morgan fingerprint density at radius 2 is 2.22 bits per heavy atom. The smallest absolute Gasteiger partial charge is 0.243 e. The predicted molar refractivity (Wildman–Crippen MR) is 70.0 cm³/mol. The highest BCUT2D eigenvalue weighted by atomic mass is 35.5. The second-order valence-electron chi connectivity index (χ2n) is 4.38. The summed E-state index contributed by atoms with van der Waals surface area (Å²) >= 11 is 5.80. The fraction of sp³-hybridized carbons (Fsp3) is 0.545. The molecule has 0 amide bonds. The van der Waals surface area contributed by atoms with Gasteiger partial charge in [-0.1, -0.05) is 24.9 Å². The van der Waals surface area contributed by atoms with Gasteiger partial charge in [-0.05, 0) is 19.4 Å². The standard InChI is InChI=1S/C11H17ClN2O3S/c1-3-5-11(2,15)8-14-18(16,17)10-7-13-6-4-9(10)12/h4,6-7,14-15H,3,5,8H2,1-2H3. The van der Waals surface area contributed by atoms with Crippen LogP contribution in [0, 0.1) is 0 Å². The van der Waals surface area contributed by atoms with Crippen molar-refractivity contribution in [3.8, 4) is 0 Å². The summed E-state index contributed by atoms with van der Waals surface area (Å²) < 4.78 is 26.3. The van der Waals surface area contributed by atoms with E-state index < -0.39 is 15.6 Å². The Morgan fingerprint density at radius 1 is 1.56 bits per heavy atom. The Labute approximate surface area is 112 Å². The van der Waals surface area contributed by atoms with Crippen LogP contribution in [0.25, 0.3) is 0 Å². The number of aliphatic hydroxyl groups is 1. The minimum atomic E-state index is -3.75. The van der Waals surface area contributed by atoms with Crippen molar-refractivity contribution in [3.63, 3.8) is 0 Å². The molecule has 0 aliphatic rings. The van der Waals surface area contributed by atoms with E-state index >= 15 is 0 Å². The first kappa shape index (κ1) is 15.4. The molecular formula is C11H17ClN2O3S.